The van der Waals surface area contributed by atoms with E-state index in [9.17, 15) is 4.79 Å². The van der Waals surface area contributed by atoms with Crippen molar-refractivity contribution in [2.24, 2.45) is 0 Å². The van der Waals surface area contributed by atoms with Crippen LogP contribution in [0.25, 0.3) is 11.0 Å². The number of hydrogen-bond acceptors (Lipinski definition) is 6. The smallest absolute Gasteiger partial charge is 0.338 e. The Morgan fingerprint density at radius 3 is 2.88 bits per heavy atom. The molecule has 0 bridgehead atoms. The number of ether oxygens (including phenoxy) is 1. The van der Waals surface area contributed by atoms with E-state index in [-0.39, 0.29) is 12.1 Å². The summed E-state index contributed by atoms with van der Waals surface area (Å²) in [5.41, 5.74) is 2.91. The maximum absolute atomic E-state index is 12.8. The summed E-state index contributed by atoms with van der Waals surface area (Å²) in [6.07, 6.45) is 2.76. The molecule has 0 saturated heterocycles. The molecule has 0 fully saturated rings. The Balaban J connectivity index is 1.94. The van der Waals surface area contributed by atoms with Crippen LogP contribution in [-0.4, -0.2) is 26.6 Å². The number of fused-ring (bicyclic) bond motifs is 3. The van der Waals surface area contributed by atoms with Gasteiger partial charge in [0, 0.05) is 5.70 Å². The highest BCUT2D eigenvalue weighted by molar-refractivity contribution is 5.94. The van der Waals surface area contributed by atoms with Gasteiger partial charge in [-0.2, -0.15) is 0 Å². The molecule has 0 amide bonds. The van der Waals surface area contributed by atoms with E-state index >= 15 is 0 Å². The number of esters is 1. The monoisotopic (exact) mass is 338 g/mol. The molecule has 1 aliphatic heterocycles. The van der Waals surface area contributed by atoms with E-state index in [1.807, 2.05) is 49.6 Å². The Hall–Kier alpha value is -3.09. The molecule has 3 aromatic rings. The van der Waals surface area contributed by atoms with Crippen molar-refractivity contribution in [2.45, 2.75) is 32.9 Å². The zero-order valence-corrected chi connectivity index (χ0v) is 14.2. The van der Waals surface area contributed by atoms with Crippen LogP contribution in [0, 0.1) is 0 Å². The lowest BCUT2D eigenvalue weighted by molar-refractivity contribution is -0.143. The van der Waals surface area contributed by atoms with Crippen LogP contribution in [0.4, 0.5) is 5.95 Å². The van der Waals surface area contributed by atoms with E-state index in [4.69, 9.17) is 9.15 Å². The number of rotatable bonds is 3. The van der Waals surface area contributed by atoms with Crippen LogP contribution in [0.3, 0.4) is 0 Å². The molecule has 0 radical (unpaired) electrons. The van der Waals surface area contributed by atoms with E-state index in [0.717, 1.165) is 11.0 Å². The maximum atomic E-state index is 12.8. The average molecular weight is 338 g/mol. The highest BCUT2D eigenvalue weighted by atomic mass is 16.5. The van der Waals surface area contributed by atoms with Gasteiger partial charge in [-0.1, -0.05) is 12.1 Å². The van der Waals surface area contributed by atoms with Gasteiger partial charge >= 0.3 is 5.97 Å². The second kappa shape index (κ2) is 5.77. The third kappa shape index (κ3) is 2.48. The van der Waals surface area contributed by atoms with E-state index in [1.54, 1.807) is 6.20 Å². The van der Waals surface area contributed by atoms with Crippen molar-refractivity contribution in [3.8, 4) is 0 Å². The molecule has 25 heavy (non-hydrogen) atoms. The molecule has 0 saturated carbocycles. The van der Waals surface area contributed by atoms with Crippen molar-refractivity contribution in [3.63, 3.8) is 0 Å². The van der Waals surface area contributed by atoms with Crippen LogP contribution in [-0.2, 0) is 9.53 Å². The molecule has 1 unspecified atom stereocenters. The number of oxazole rings is 1. The molecule has 1 atom stereocenters. The lowest BCUT2D eigenvalue weighted by Crippen LogP contribution is -2.29. The molecular formula is C18H18N4O3. The lowest BCUT2D eigenvalue weighted by Gasteiger charge is -2.28. The zero-order valence-electron chi connectivity index (χ0n) is 14.2. The predicted octanol–water partition coefficient (Wildman–Crippen LogP) is 3.26. The summed E-state index contributed by atoms with van der Waals surface area (Å²) in [5, 5.41) is 3.21. The Kier molecular flexibility index (Phi) is 3.56. The van der Waals surface area contributed by atoms with Gasteiger partial charge in [0.2, 0.25) is 5.95 Å². The van der Waals surface area contributed by atoms with E-state index in [2.05, 4.69) is 15.3 Å². The fourth-order valence-electron chi connectivity index (χ4n) is 3.14. The fraction of sp³-hybridized carbons (Fsp3) is 0.278. The molecule has 7 nitrogen and oxygen atoms in total. The standard InChI is InChI=1S/C18H18N4O3/c1-10(2)25-17(23)15-11(3)20-18-21-12-6-4-5-7-13(12)22(18)16(15)14-8-19-9-24-14/h4-10,16H,1-3H3,(H,20,21). The minimum absolute atomic E-state index is 0.218. The first-order chi connectivity index (χ1) is 12.1. The summed E-state index contributed by atoms with van der Waals surface area (Å²) in [6.45, 7) is 5.49. The first kappa shape index (κ1) is 15.4. The van der Waals surface area contributed by atoms with Crippen LogP contribution in [0.2, 0.25) is 0 Å². The highest BCUT2D eigenvalue weighted by Crippen LogP contribution is 2.39. The Morgan fingerprint density at radius 1 is 1.36 bits per heavy atom. The van der Waals surface area contributed by atoms with Crippen molar-refractivity contribution in [3.05, 3.63) is 53.9 Å². The molecule has 0 aliphatic carbocycles. The SMILES string of the molecule is CC1=C(C(=O)OC(C)C)C(c2cnco2)n2c(nc3ccccc32)N1. The summed E-state index contributed by atoms with van der Waals surface area (Å²) in [7, 11) is 0. The number of nitrogens with one attached hydrogen (secondary N) is 1. The number of allylic oxidation sites excluding steroid dienone is 1. The first-order valence-electron chi connectivity index (χ1n) is 8.10. The van der Waals surface area contributed by atoms with E-state index in [1.165, 1.54) is 6.39 Å². The molecule has 128 valence electrons. The number of aromatic nitrogens is 3. The quantitative estimate of drug-likeness (QED) is 0.738. The number of para-hydroxylation sites is 2. The summed E-state index contributed by atoms with van der Waals surface area (Å²) in [6, 6.07) is 7.27. The van der Waals surface area contributed by atoms with Gasteiger partial charge in [-0.05, 0) is 32.9 Å². The van der Waals surface area contributed by atoms with Gasteiger partial charge in [-0.15, -0.1) is 0 Å². The van der Waals surface area contributed by atoms with Gasteiger partial charge in [0.15, 0.2) is 12.2 Å². The third-order valence-corrected chi connectivity index (χ3v) is 4.11. The summed E-state index contributed by atoms with van der Waals surface area (Å²) >= 11 is 0. The maximum Gasteiger partial charge on any atom is 0.338 e. The number of anilines is 1. The largest absolute Gasteiger partial charge is 0.459 e. The van der Waals surface area contributed by atoms with Crippen molar-refractivity contribution >= 4 is 23.0 Å². The molecule has 1 aromatic carbocycles. The summed E-state index contributed by atoms with van der Waals surface area (Å²) in [4.78, 5) is 21.4. The van der Waals surface area contributed by atoms with Gasteiger partial charge in [0.25, 0.3) is 0 Å². The van der Waals surface area contributed by atoms with Crippen molar-refractivity contribution < 1.29 is 13.9 Å². The van der Waals surface area contributed by atoms with E-state index < -0.39 is 6.04 Å². The fourth-order valence-corrected chi connectivity index (χ4v) is 3.14. The molecule has 4 rings (SSSR count). The highest BCUT2D eigenvalue weighted by Gasteiger charge is 2.37. The Morgan fingerprint density at radius 2 is 2.16 bits per heavy atom. The minimum Gasteiger partial charge on any atom is -0.459 e. The average Bonchev–Trinajstić information content (AvgIpc) is 3.20. The minimum atomic E-state index is -0.489. The topological polar surface area (TPSA) is 82.2 Å². The van der Waals surface area contributed by atoms with Gasteiger partial charge in [0.1, 0.15) is 6.04 Å². The van der Waals surface area contributed by atoms with E-state index in [0.29, 0.717) is 23.0 Å². The number of carbonyl (C=O) groups excluding carboxylic acids is 1. The molecule has 2 aromatic heterocycles. The van der Waals surface area contributed by atoms with Crippen molar-refractivity contribution in [1.82, 2.24) is 14.5 Å². The third-order valence-electron chi connectivity index (χ3n) is 4.11. The number of imidazole rings is 1. The second-order valence-corrected chi connectivity index (χ2v) is 6.22. The number of carbonyl (C=O) groups is 1. The normalized spacial score (nSPS) is 16.9. The van der Waals surface area contributed by atoms with Gasteiger partial charge in [-0.3, -0.25) is 4.57 Å². The first-order valence-corrected chi connectivity index (χ1v) is 8.10. The van der Waals surface area contributed by atoms with Gasteiger partial charge in [-0.25, -0.2) is 14.8 Å². The zero-order chi connectivity index (χ0) is 17.6. The van der Waals surface area contributed by atoms with Crippen LogP contribution in [0.15, 0.2) is 52.5 Å². The number of benzene rings is 1. The van der Waals surface area contributed by atoms with Crippen molar-refractivity contribution in [1.29, 1.82) is 0 Å². The number of nitrogens with zero attached hydrogens (tertiary/aromatic N) is 3. The lowest BCUT2D eigenvalue weighted by atomic mass is 10.0. The second-order valence-electron chi connectivity index (χ2n) is 6.22. The molecule has 3 heterocycles. The molecule has 7 heteroatoms. The Labute approximate surface area is 144 Å². The molecule has 1 N–H and O–H groups in total. The molecule has 1 aliphatic rings. The molecule has 0 spiro atoms. The van der Waals surface area contributed by atoms with Crippen LogP contribution < -0.4 is 5.32 Å². The number of hydrogen-bond donors (Lipinski definition) is 1. The van der Waals surface area contributed by atoms with Gasteiger partial charge < -0.3 is 14.5 Å². The van der Waals surface area contributed by atoms with Crippen LogP contribution in [0.5, 0.6) is 0 Å². The molecular weight excluding hydrogens is 320 g/mol. The summed E-state index contributed by atoms with van der Waals surface area (Å²) < 4.78 is 13.0. The summed E-state index contributed by atoms with van der Waals surface area (Å²) in [5.74, 6) is 0.826. The van der Waals surface area contributed by atoms with Crippen LogP contribution >= 0.6 is 0 Å². The Bertz CT molecular complexity index is 970. The van der Waals surface area contributed by atoms with Crippen molar-refractivity contribution in [2.75, 3.05) is 5.32 Å². The predicted molar refractivity (Wildman–Crippen MR) is 91.9 cm³/mol. The van der Waals surface area contributed by atoms with Gasteiger partial charge in [0.05, 0.1) is 28.9 Å². The van der Waals surface area contributed by atoms with Crippen LogP contribution in [0.1, 0.15) is 32.6 Å².